The van der Waals surface area contributed by atoms with Gasteiger partial charge in [0.15, 0.2) is 0 Å². The number of amides is 1. The zero-order chi connectivity index (χ0) is 15.9. The van der Waals surface area contributed by atoms with Crippen LogP contribution in [-0.4, -0.2) is 11.2 Å². The van der Waals surface area contributed by atoms with E-state index in [1.807, 2.05) is 37.3 Å². The minimum atomic E-state index is -0.0277. The molecule has 0 bridgehead atoms. The summed E-state index contributed by atoms with van der Waals surface area (Å²) < 4.78 is 0. The second-order valence-electron chi connectivity index (χ2n) is 5.43. The summed E-state index contributed by atoms with van der Waals surface area (Å²) in [5.74, 6) is 0.955. The van der Waals surface area contributed by atoms with Gasteiger partial charge in [0, 0.05) is 11.4 Å². The molecule has 2 aromatic carbocycles. The van der Waals surface area contributed by atoms with Crippen molar-refractivity contribution in [1.29, 1.82) is 0 Å². The fourth-order valence-corrected chi connectivity index (χ4v) is 3.28. The van der Waals surface area contributed by atoms with Crippen LogP contribution >= 0.6 is 11.8 Å². The van der Waals surface area contributed by atoms with Crippen molar-refractivity contribution in [3.63, 3.8) is 0 Å². The summed E-state index contributed by atoms with van der Waals surface area (Å²) in [6.07, 6.45) is 0.828. The maximum absolute atomic E-state index is 12.5. The van der Waals surface area contributed by atoms with Gasteiger partial charge in [-0.15, -0.1) is 11.8 Å². The first-order valence-electron chi connectivity index (χ1n) is 7.64. The summed E-state index contributed by atoms with van der Waals surface area (Å²) in [5.41, 5.74) is 4.51. The minimum Gasteiger partial charge on any atom is -0.325 e. The van der Waals surface area contributed by atoms with Crippen molar-refractivity contribution in [2.75, 3.05) is 5.32 Å². The molecule has 2 rings (SSSR count). The van der Waals surface area contributed by atoms with E-state index in [1.54, 1.807) is 11.8 Å². The average molecular weight is 313 g/mol. The third kappa shape index (κ3) is 4.38. The fourth-order valence-electron chi connectivity index (χ4n) is 2.25. The Bertz CT molecular complexity index is 625. The molecule has 0 heterocycles. The van der Waals surface area contributed by atoms with Crippen molar-refractivity contribution in [2.24, 2.45) is 0 Å². The topological polar surface area (TPSA) is 29.1 Å². The predicted octanol–water partition coefficient (Wildman–Crippen LogP) is 4.95. The number of rotatable bonds is 6. The van der Waals surface area contributed by atoms with E-state index >= 15 is 0 Å². The number of thioether (sulfide) groups is 1. The molecular formula is C19H23NOS. The Hall–Kier alpha value is -1.74. The van der Waals surface area contributed by atoms with Crippen LogP contribution in [0.1, 0.15) is 30.0 Å². The molecule has 0 saturated carbocycles. The molecule has 1 N–H and O–H groups in total. The Morgan fingerprint density at radius 2 is 1.82 bits per heavy atom. The smallest absolute Gasteiger partial charge is 0.237 e. The third-order valence-corrected chi connectivity index (χ3v) is 5.27. The highest BCUT2D eigenvalue weighted by Crippen LogP contribution is 2.23. The van der Waals surface area contributed by atoms with Crippen LogP contribution in [0, 0.1) is 13.8 Å². The lowest BCUT2D eigenvalue weighted by Gasteiger charge is -2.16. The lowest BCUT2D eigenvalue weighted by Crippen LogP contribution is -2.25. The van der Waals surface area contributed by atoms with Crippen molar-refractivity contribution in [2.45, 2.75) is 38.2 Å². The van der Waals surface area contributed by atoms with E-state index in [0.717, 1.165) is 23.4 Å². The first-order valence-corrected chi connectivity index (χ1v) is 8.69. The average Bonchev–Trinajstić information content (AvgIpc) is 2.53. The highest BCUT2D eigenvalue weighted by atomic mass is 32.2. The fraction of sp³-hybridized carbons (Fsp3) is 0.316. The first kappa shape index (κ1) is 16.6. The number of aryl methyl sites for hydroxylation is 1. The van der Waals surface area contributed by atoms with E-state index < -0.39 is 0 Å². The van der Waals surface area contributed by atoms with E-state index in [9.17, 15) is 4.79 Å². The van der Waals surface area contributed by atoms with Gasteiger partial charge in [-0.3, -0.25) is 4.79 Å². The largest absolute Gasteiger partial charge is 0.325 e. The lowest BCUT2D eigenvalue weighted by atomic mass is 10.1. The number of benzene rings is 2. The molecule has 22 heavy (non-hydrogen) atoms. The van der Waals surface area contributed by atoms with Crippen LogP contribution in [0.4, 0.5) is 5.69 Å². The van der Waals surface area contributed by atoms with E-state index in [1.165, 1.54) is 11.1 Å². The SMILES string of the molecule is CCC(SCc1ccccc1)C(=O)Nc1cccc(C)c1C. The summed E-state index contributed by atoms with van der Waals surface area (Å²) >= 11 is 1.70. The van der Waals surface area contributed by atoms with Crippen molar-refractivity contribution < 1.29 is 4.79 Å². The second-order valence-corrected chi connectivity index (χ2v) is 6.62. The van der Waals surface area contributed by atoms with Crippen LogP contribution in [0.2, 0.25) is 0 Å². The van der Waals surface area contributed by atoms with Gasteiger partial charge in [0.2, 0.25) is 5.91 Å². The van der Waals surface area contributed by atoms with Gasteiger partial charge in [-0.1, -0.05) is 49.4 Å². The number of nitrogens with one attached hydrogen (secondary N) is 1. The molecule has 0 spiro atoms. The number of carbonyl (C=O) groups excluding carboxylic acids is 1. The van der Waals surface area contributed by atoms with Gasteiger partial charge in [-0.25, -0.2) is 0 Å². The molecule has 3 heteroatoms. The molecule has 0 fully saturated rings. The Morgan fingerprint density at radius 1 is 1.09 bits per heavy atom. The Labute approximate surface area is 137 Å². The second kappa shape index (κ2) is 8.04. The lowest BCUT2D eigenvalue weighted by molar-refractivity contribution is -0.115. The van der Waals surface area contributed by atoms with Crippen LogP contribution < -0.4 is 5.32 Å². The number of anilines is 1. The van der Waals surface area contributed by atoms with Gasteiger partial charge in [-0.05, 0) is 43.0 Å². The van der Waals surface area contributed by atoms with Gasteiger partial charge < -0.3 is 5.32 Å². The monoisotopic (exact) mass is 313 g/mol. The number of hydrogen-bond donors (Lipinski definition) is 1. The van der Waals surface area contributed by atoms with Gasteiger partial charge >= 0.3 is 0 Å². The van der Waals surface area contributed by atoms with Gasteiger partial charge in [-0.2, -0.15) is 0 Å². The molecular weight excluding hydrogens is 290 g/mol. The van der Waals surface area contributed by atoms with Crippen LogP contribution in [0.3, 0.4) is 0 Å². The molecule has 0 radical (unpaired) electrons. The van der Waals surface area contributed by atoms with Crippen LogP contribution in [0.15, 0.2) is 48.5 Å². The van der Waals surface area contributed by atoms with Crippen molar-refractivity contribution in [3.8, 4) is 0 Å². The van der Waals surface area contributed by atoms with Crippen molar-refractivity contribution >= 4 is 23.4 Å². The zero-order valence-electron chi connectivity index (χ0n) is 13.4. The molecule has 1 atom stereocenters. The van der Waals surface area contributed by atoms with E-state index in [2.05, 4.69) is 37.4 Å². The van der Waals surface area contributed by atoms with Crippen LogP contribution in [0.5, 0.6) is 0 Å². The van der Waals surface area contributed by atoms with E-state index in [-0.39, 0.29) is 11.2 Å². The summed E-state index contributed by atoms with van der Waals surface area (Å²) in [5, 5.41) is 3.05. The molecule has 2 aromatic rings. The molecule has 0 aliphatic carbocycles. The van der Waals surface area contributed by atoms with Crippen LogP contribution in [0.25, 0.3) is 0 Å². The Morgan fingerprint density at radius 3 is 2.50 bits per heavy atom. The predicted molar refractivity (Wildman–Crippen MR) is 96.4 cm³/mol. The summed E-state index contributed by atoms with van der Waals surface area (Å²) in [6, 6.07) is 16.3. The standard InChI is InChI=1S/C19H23NOS/c1-4-18(22-13-16-10-6-5-7-11-16)19(21)20-17-12-8-9-14(2)15(17)3/h5-12,18H,4,13H2,1-3H3,(H,20,21). The van der Waals surface area contributed by atoms with Crippen molar-refractivity contribution in [1.82, 2.24) is 0 Å². The molecule has 1 unspecified atom stereocenters. The molecule has 0 aromatic heterocycles. The Kier molecular flexibility index (Phi) is 6.08. The van der Waals surface area contributed by atoms with Crippen molar-refractivity contribution in [3.05, 3.63) is 65.2 Å². The summed E-state index contributed by atoms with van der Waals surface area (Å²) in [6.45, 7) is 6.17. The quantitative estimate of drug-likeness (QED) is 0.817. The minimum absolute atomic E-state index is 0.0277. The van der Waals surface area contributed by atoms with E-state index in [0.29, 0.717) is 0 Å². The third-order valence-electron chi connectivity index (χ3n) is 3.82. The zero-order valence-corrected chi connectivity index (χ0v) is 14.2. The summed E-state index contributed by atoms with van der Waals surface area (Å²) in [4.78, 5) is 12.5. The highest BCUT2D eigenvalue weighted by Gasteiger charge is 2.18. The normalized spacial score (nSPS) is 12.0. The van der Waals surface area contributed by atoms with Crippen LogP contribution in [-0.2, 0) is 10.5 Å². The number of hydrogen-bond acceptors (Lipinski definition) is 2. The molecule has 2 nitrogen and oxygen atoms in total. The maximum Gasteiger partial charge on any atom is 0.237 e. The van der Waals surface area contributed by atoms with Gasteiger partial charge in [0.1, 0.15) is 0 Å². The first-order chi connectivity index (χ1) is 10.6. The van der Waals surface area contributed by atoms with Gasteiger partial charge in [0.25, 0.3) is 0 Å². The molecule has 0 aliphatic rings. The molecule has 0 saturated heterocycles. The Balaban J connectivity index is 1.98. The number of carbonyl (C=O) groups is 1. The summed E-state index contributed by atoms with van der Waals surface area (Å²) in [7, 11) is 0. The maximum atomic E-state index is 12.5. The van der Waals surface area contributed by atoms with E-state index in [4.69, 9.17) is 0 Å². The van der Waals surface area contributed by atoms with Gasteiger partial charge in [0.05, 0.1) is 5.25 Å². The highest BCUT2D eigenvalue weighted by molar-refractivity contribution is 7.99. The molecule has 116 valence electrons. The molecule has 0 aliphatic heterocycles. The molecule has 1 amide bonds.